The van der Waals surface area contributed by atoms with E-state index in [4.69, 9.17) is 28.5 Å². The lowest BCUT2D eigenvalue weighted by Gasteiger charge is -2.12. The maximum absolute atomic E-state index is 9.08. The number of hydrogen-bond donors (Lipinski definition) is 0. The fourth-order valence-electron chi connectivity index (χ4n) is 2.19. The zero-order valence-electron chi connectivity index (χ0n) is 11.1. The van der Waals surface area contributed by atoms with E-state index in [1.165, 1.54) is 0 Å². The van der Waals surface area contributed by atoms with E-state index in [1.807, 2.05) is 19.1 Å². The number of benzene rings is 1. The molecule has 2 aromatic heterocycles. The fourth-order valence-corrected chi connectivity index (χ4v) is 2.54. The molecule has 21 heavy (non-hydrogen) atoms. The average Bonchev–Trinajstić information content (AvgIpc) is 2.87. The Hall–Kier alpha value is -2.09. The van der Waals surface area contributed by atoms with E-state index in [-0.39, 0.29) is 5.38 Å². The van der Waals surface area contributed by atoms with E-state index >= 15 is 0 Å². The van der Waals surface area contributed by atoms with E-state index < -0.39 is 0 Å². The molecular weight excluding hydrogens is 307 g/mol. The quantitative estimate of drug-likeness (QED) is 0.664. The van der Waals surface area contributed by atoms with Crippen LogP contribution in [-0.4, -0.2) is 14.5 Å². The van der Waals surface area contributed by atoms with Gasteiger partial charge in [0.05, 0.1) is 27.7 Å². The predicted molar refractivity (Wildman–Crippen MR) is 82.9 cm³/mol. The van der Waals surface area contributed by atoms with Crippen molar-refractivity contribution in [1.29, 1.82) is 5.26 Å². The summed E-state index contributed by atoms with van der Waals surface area (Å²) >= 11 is 12.5. The monoisotopic (exact) mass is 316 g/mol. The summed E-state index contributed by atoms with van der Waals surface area (Å²) in [4.78, 5) is 8.87. The van der Waals surface area contributed by atoms with Gasteiger partial charge in [-0.2, -0.15) is 5.26 Å². The van der Waals surface area contributed by atoms with Crippen LogP contribution in [0.2, 0.25) is 5.02 Å². The largest absolute Gasteiger partial charge is 0.278 e. The minimum Gasteiger partial charge on any atom is -0.278 e. The molecule has 2 heterocycles. The third kappa shape index (κ3) is 2.35. The standard InChI is InChI=1S/C15H10Cl2N4/c1-9(16)14-20-12-3-2-6-19-15(12)21(14)13-7-10(8-18)4-5-11(13)17/h2-7,9H,1H3. The second-order valence-corrected chi connectivity index (χ2v) is 5.61. The van der Waals surface area contributed by atoms with Gasteiger partial charge in [-0.25, -0.2) is 9.97 Å². The van der Waals surface area contributed by atoms with Crippen molar-refractivity contribution >= 4 is 34.4 Å². The number of alkyl halides is 1. The van der Waals surface area contributed by atoms with Crippen LogP contribution >= 0.6 is 23.2 Å². The molecule has 0 bridgehead atoms. The second kappa shape index (κ2) is 5.36. The van der Waals surface area contributed by atoms with Crippen molar-refractivity contribution in [2.75, 3.05) is 0 Å². The molecule has 4 nitrogen and oxygen atoms in total. The molecule has 3 rings (SSSR count). The Bertz CT molecular complexity index is 862. The molecule has 0 aliphatic carbocycles. The average molecular weight is 317 g/mol. The van der Waals surface area contributed by atoms with Gasteiger partial charge in [0.1, 0.15) is 11.3 Å². The number of fused-ring (bicyclic) bond motifs is 1. The Labute approximate surface area is 131 Å². The highest BCUT2D eigenvalue weighted by Crippen LogP contribution is 2.31. The second-order valence-electron chi connectivity index (χ2n) is 4.55. The Kier molecular flexibility index (Phi) is 3.54. The van der Waals surface area contributed by atoms with Crippen LogP contribution < -0.4 is 0 Å². The first-order chi connectivity index (χ1) is 10.1. The molecule has 0 N–H and O–H groups in total. The Morgan fingerprint density at radius 3 is 2.86 bits per heavy atom. The molecule has 1 aromatic carbocycles. The predicted octanol–water partition coefficient (Wildman–Crippen LogP) is 4.25. The summed E-state index contributed by atoms with van der Waals surface area (Å²) in [7, 11) is 0. The highest BCUT2D eigenvalue weighted by molar-refractivity contribution is 6.32. The first-order valence-electron chi connectivity index (χ1n) is 6.29. The third-order valence-electron chi connectivity index (χ3n) is 3.11. The van der Waals surface area contributed by atoms with Gasteiger partial charge in [-0.3, -0.25) is 4.57 Å². The van der Waals surface area contributed by atoms with Crippen LogP contribution in [0.1, 0.15) is 23.7 Å². The first-order valence-corrected chi connectivity index (χ1v) is 7.10. The van der Waals surface area contributed by atoms with Gasteiger partial charge in [0, 0.05) is 6.20 Å². The highest BCUT2D eigenvalue weighted by atomic mass is 35.5. The normalized spacial score (nSPS) is 12.3. The summed E-state index contributed by atoms with van der Waals surface area (Å²) in [6.07, 6.45) is 1.69. The topological polar surface area (TPSA) is 54.5 Å². The number of pyridine rings is 1. The van der Waals surface area contributed by atoms with Crippen molar-refractivity contribution in [3.8, 4) is 11.8 Å². The SMILES string of the molecule is CC(Cl)c1nc2cccnc2n1-c1cc(C#N)ccc1Cl. The molecule has 104 valence electrons. The van der Waals surface area contributed by atoms with Crippen LogP contribution in [0.4, 0.5) is 0 Å². The van der Waals surface area contributed by atoms with Crippen molar-refractivity contribution < 1.29 is 0 Å². The third-order valence-corrected chi connectivity index (χ3v) is 3.63. The zero-order valence-corrected chi connectivity index (χ0v) is 12.6. The molecule has 0 saturated heterocycles. The highest BCUT2D eigenvalue weighted by Gasteiger charge is 2.19. The van der Waals surface area contributed by atoms with Gasteiger partial charge in [0.2, 0.25) is 0 Å². The Morgan fingerprint density at radius 1 is 1.33 bits per heavy atom. The molecule has 0 saturated carbocycles. The molecule has 1 unspecified atom stereocenters. The molecule has 1 atom stereocenters. The summed E-state index contributed by atoms with van der Waals surface area (Å²) in [6.45, 7) is 1.83. The minimum atomic E-state index is -0.319. The summed E-state index contributed by atoms with van der Waals surface area (Å²) in [5.41, 5.74) is 2.56. The van der Waals surface area contributed by atoms with Crippen molar-refractivity contribution in [2.45, 2.75) is 12.3 Å². The number of hydrogen-bond acceptors (Lipinski definition) is 3. The summed E-state index contributed by atoms with van der Waals surface area (Å²) in [5, 5.41) is 9.28. The lowest BCUT2D eigenvalue weighted by Crippen LogP contribution is -2.03. The summed E-state index contributed by atoms with van der Waals surface area (Å²) in [6, 6.07) is 10.9. The molecule has 0 spiro atoms. The van der Waals surface area contributed by atoms with Crippen LogP contribution in [0.5, 0.6) is 0 Å². The van der Waals surface area contributed by atoms with Crippen LogP contribution in [0, 0.1) is 11.3 Å². The van der Waals surface area contributed by atoms with E-state index in [0.29, 0.717) is 27.7 Å². The van der Waals surface area contributed by atoms with Crippen LogP contribution in [0.15, 0.2) is 36.5 Å². The minimum absolute atomic E-state index is 0.319. The van der Waals surface area contributed by atoms with E-state index in [1.54, 1.807) is 29.0 Å². The molecule has 0 amide bonds. The number of aromatic nitrogens is 3. The summed E-state index contributed by atoms with van der Waals surface area (Å²) < 4.78 is 1.80. The van der Waals surface area contributed by atoms with Crippen LogP contribution in [0.3, 0.4) is 0 Å². The molecule has 3 aromatic rings. The van der Waals surface area contributed by atoms with Gasteiger partial charge in [0.15, 0.2) is 5.65 Å². The molecule has 6 heteroatoms. The number of nitriles is 1. The van der Waals surface area contributed by atoms with Gasteiger partial charge in [0.25, 0.3) is 0 Å². The number of imidazole rings is 1. The lowest BCUT2D eigenvalue weighted by atomic mass is 10.2. The molecule has 0 radical (unpaired) electrons. The van der Waals surface area contributed by atoms with Gasteiger partial charge < -0.3 is 0 Å². The van der Waals surface area contributed by atoms with Crippen LogP contribution in [0.25, 0.3) is 16.9 Å². The smallest absolute Gasteiger partial charge is 0.164 e. The Morgan fingerprint density at radius 2 is 2.14 bits per heavy atom. The fraction of sp³-hybridized carbons (Fsp3) is 0.133. The van der Waals surface area contributed by atoms with E-state index in [0.717, 1.165) is 5.52 Å². The molecule has 0 aliphatic rings. The maximum Gasteiger partial charge on any atom is 0.164 e. The number of halogens is 2. The van der Waals surface area contributed by atoms with Crippen LogP contribution in [-0.2, 0) is 0 Å². The van der Waals surface area contributed by atoms with Gasteiger partial charge in [-0.15, -0.1) is 11.6 Å². The summed E-state index contributed by atoms with van der Waals surface area (Å²) in [5.74, 6) is 0.641. The molecular formula is C15H10Cl2N4. The van der Waals surface area contributed by atoms with E-state index in [2.05, 4.69) is 16.0 Å². The lowest BCUT2D eigenvalue weighted by molar-refractivity contribution is 0.877. The van der Waals surface area contributed by atoms with Crippen molar-refractivity contribution in [1.82, 2.24) is 14.5 Å². The zero-order chi connectivity index (χ0) is 15.0. The van der Waals surface area contributed by atoms with Crippen molar-refractivity contribution in [3.05, 3.63) is 52.9 Å². The number of rotatable bonds is 2. The molecule has 0 fully saturated rings. The van der Waals surface area contributed by atoms with Gasteiger partial charge >= 0.3 is 0 Å². The Balaban J connectivity index is 2.39. The maximum atomic E-state index is 9.08. The van der Waals surface area contributed by atoms with Gasteiger partial charge in [-0.1, -0.05) is 11.6 Å². The van der Waals surface area contributed by atoms with Crippen molar-refractivity contribution in [2.24, 2.45) is 0 Å². The first kappa shape index (κ1) is 13.9. The van der Waals surface area contributed by atoms with E-state index in [9.17, 15) is 0 Å². The van der Waals surface area contributed by atoms with Gasteiger partial charge in [-0.05, 0) is 37.3 Å². The molecule has 0 aliphatic heterocycles. The van der Waals surface area contributed by atoms with Crippen molar-refractivity contribution in [3.63, 3.8) is 0 Å². The number of nitrogens with zero attached hydrogens (tertiary/aromatic N) is 4.